The zero-order valence-electron chi connectivity index (χ0n) is 9.59. The fourth-order valence-electron chi connectivity index (χ4n) is 2.17. The maximum Gasteiger partial charge on any atom is 0.221 e. The molecule has 1 amide bonds. The third-order valence-corrected chi connectivity index (χ3v) is 3.14. The average molecular weight is 207 g/mol. The van der Waals surface area contributed by atoms with Crippen molar-refractivity contribution in [2.75, 3.05) is 0 Å². The quantitative estimate of drug-likeness (QED) is 0.705. The minimum Gasteiger partial charge on any atom is -0.342 e. The number of nitrogens with one attached hydrogen (secondary N) is 1. The third kappa shape index (κ3) is 4.38. The van der Waals surface area contributed by atoms with Gasteiger partial charge in [0.1, 0.15) is 0 Å². The number of carbonyl (C=O) groups excluding carboxylic acids is 1. The molecule has 15 heavy (non-hydrogen) atoms. The molecule has 2 nitrogen and oxygen atoms in total. The Kier molecular flexibility index (Phi) is 5.25. The Morgan fingerprint density at radius 1 is 1.47 bits per heavy atom. The Bertz CT molecular complexity index is 235. The second kappa shape index (κ2) is 6.50. The zero-order valence-corrected chi connectivity index (χ0v) is 9.59. The van der Waals surface area contributed by atoms with Gasteiger partial charge in [-0.3, -0.25) is 4.79 Å². The minimum atomic E-state index is -0.0823. The molecule has 1 atom stereocenters. The molecule has 1 N–H and O–H groups in total. The first kappa shape index (κ1) is 12.1. The lowest BCUT2D eigenvalue weighted by molar-refractivity contribution is -0.122. The van der Waals surface area contributed by atoms with E-state index in [9.17, 15) is 4.79 Å². The van der Waals surface area contributed by atoms with Gasteiger partial charge in [0.05, 0.1) is 6.04 Å². The lowest BCUT2D eigenvalue weighted by atomic mass is 9.87. The highest BCUT2D eigenvalue weighted by atomic mass is 16.1. The lowest BCUT2D eigenvalue weighted by Gasteiger charge is -2.21. The van der Waals surface area contributed by atoms with E-state index in [2.05, 4.69) is 11.2 Å². The number of amides is 1. The molecule has 0 bridgehead atoms. The number of hydrogen-bond acceptors (Lipinski definition) is 1. The first-order valence-electron chi connectivity index (χ1n) is 6.01. The van der Waals surface area contributed by atoms with E-state index in [-0.39, 0.29) is 11.9 Å². The highest BCUT2D eigenvalue weighted by molar-refractivity contribution is 5.76. The Labute approximate surface area is 92.8 Å². The van der Waals surface area contributed by atoms with Gasteiger partial charge in [-0.1, -0.05) is 32.1 Å². The van der Waals surface area contributed by atoms with Crippen molar-refractivity contribution in [2.24, 2.45) is 5.92 Å². The van der Waals surface area contributed by atoms with Crippen molar-refractivity contribution in [3.63, 3.8) is 0 Å². The highest BCUT2D eigenvalue weighted by Crippen LogP contribution is 2.26. The van der Waals surface area contributed by atoms with Gasteiger partial charge in [0.15, 0.2) is 0 Å². The van der Waals surface area contributed by atoms with Crippen LogP contribution in [0.2, 0.25) is 0 Å². The molecule has 0 heterocycles. The fourth-order valence-corrected chi connectivity index (χ4v) is 2.17. The van der Waals surface area contributed by atoms with E-state index in [1.807, 2.05) is 6.92 Å². The molecule has 0 aromatic rings. The monoisotopic (exact) mass is 207 g/mol. The van der Waals surface area contributed by atoms with Crippen LogP contribution >= 0.6 is 0 Å². The van der Waals surface area contributed by atoms with E-state index >= 15 is 0 Å². The van der Waals surface area contributed by atoms with E-state index < -0.39 is 0 Å². The molecule has 1 aliphatic rings. The van der Waals surface area contributed by atoms with Crippen molar-refractivity contribution in [1.82, 2.24) is 5.32 Å². The first-order chi connectivity index (χ1) is 7.26. The van der Waals surface area contributed by atoms with E-state index in [1.165, 1.54) is 32.1 Å². The van der Waals surface area contributed by atoms with Crippen molar-refractivity contribution in [3.8, 4) is 12.3 Å². The summed E-state index contributed by atoms with van der Waals surface area (Å²) in [6, 6.07) is -0.0823. The summed E-state index contributed by atoms with van der Waals surface area (Å²) in [6.07, 6.45) is 13.1. The second-order valence-electron chi connectivity index (χ2n) is 4.40. The van der Waals surface area contributed by atoms with Gasteiger partial charge in [-0.15, -0.1) is 6.42 Å². The highest BCUT2D eigenvalue weighted by Gasteiger charge is 2.17. The zero-order chi connectivity index (χ0) is 11.1. The number of carbonyl (C=O) groups is 1. The molecular formula is C13H21NO. The summed E-state index contributed by atoms with van der Waals surface area (Å²) in [5.41, 5.74) is 0. The largest absolute Gasteiger partial charge is 0.342 e. The molecule has 0 spiro atoms. The van der Waals surface area contributed by atoms with Gasteiger partial charge in [-0.2, -0.15) is 0 Å². The van der Waals surface area contributed by atoms with Crippen LogP contribution in [0.25, 0.3) is 0 Å². The van der Waals surface area contributed by atoms with E-state index in [1.54, 1.807) is 0 Å². The number of hydrogen-bond donors (Lipinski definition) is 1. The van der Waals surface area contributed by atoms with Crippen LogP contribution in [-0.4, -0.2) is 11.9 Å². The van der Waals surface area contributed by atoms with Crippen LogP contribution in [0.1, 0.15) is 51.9 Å². The Hall–Kier alpha value is -0.970. The van der Waals surface area contributed by atoms with Crippen molar-refractivity contribution in [1.29, 1.82) is 0 Å². The molecule has 1 fully saturated rings. The smallest absolute Gasteiger partial charge is 0.221 e. The van der Waals surface area contributed by atoms with Crippen LogP contribution in [0.4, 0.5) is 0 Å². The summed E-state index contributed by atoms with van der Waals surface area (Å²) in [5, 5.41) is 2.89. The molecular weight excluding hydrogens is 186 g/mol. The lowest BCUT2D eigenvalue weighted by Crippen LogP contribution is -2.34. The molecule has 2 heteroatoms. The predicted molar refractivity (Wildman–Crippen MR) is 62.2 cm³/mol. The van der Waals surface area contributed by atoms with Crippen LogP contribution in [-0.2, 0) is 4.79 Å². The standard InChI is InChI=1S/C13H21NO/c1-3-12(4-2)14-13(15)10-11-8-6-5-7-9-11/h1,11-12H,4-10H2,2H3,(H,14,15). The summed E-state index contributed by atoms with van der Waals surface area (Å²) < 4.78 is 0. The van der Waals surface area contributed by atoms with E-state index in [0.29, 0.717) is 12.3 Å². The van der Waals surface area contributed by atoms with Gasteiger partial charge in [0.25, 0.3) is 0 Å². The Morgan fingerprint density at radius 2 is 2.13 bits per heavy atom. The number of terminal acetylenes is 1. The third-order valence-electron chi connectivity index (χ3n) is 3.14. The van der Waals surface area contributed by atoms with Crippen LogP contribution in [0, 0.1) is 18.3 Å². The number of rotatable bonds is 4. The molecule has 0 aliphatic heterocycles. The minimum absolute atomic E-state index is 0.0823. The topological polar surface area (TPSA) is 29.1 Å². The predicted octanol–water partition coefficient (Wildman–Crippen LogP) is 2.48. The molecule has 0 saturated heterocycles. The SMILES string of the molecule is C#CC(CC)NC(=O)CC1CCCCC1. The summed E-state index contributed by atoms with van der Waals surface area (Å²) in [6.45, 7) is 1.99. The maximum atomic E-state index is 11.6. The molecule has 1 aliphatic carbocycles. The van der Waals surface area contributed by atoms with Gasteiger partial charge in [0.2, 0.25) is 5.91 Å². The molecule has 0 aromatic carbocycles. The van der Waals surface area contributed by atoms with Crippen LogP contribution < -0.4 is 5.32 Å². The van der Waals surface area contributed by atoms with Gasteiger partial charge in [-0.05, 0) is 25.2 Å². The van der Waals surface area contributed by atoms with Crippen LogP contribution in [0.3, 0.4) is 0 Å². The van der Waals surface area contributed by atoms with Gasteiger partial charge < -0.3 is 5.32 Å². The van der Waals surface area contributed by atoms with Crippen molar-refractivity contribution in [2.45, 2.75) is 57.9 Å². The van der Waals surface area contributed by atoms with Crippen LogP contribution in [0.5, 0.6) is 0 Å². The Balaban J connectivity index is 2.25. The summed E-state index contributed by atoms with van der Waals surface area (Å²) in [7, 11) is 0. The molecule has 0 radical (unpaired) electrons. The fraction of sp³-hybridized carbons (Fsp3) is 0.769. The van der Waals surface area contributed by atoms with Crippen molar-refractivity contribution >= 4 is 5.91 Å². The molecule has 1 saturated carbocycles. The molecule has 0 aromatic heterocycles. The summed E-state index contributed by atoms with van der Waals surface area (Å²) >= 11 is 0. The first-order valence-corrected chi connectivity index (χ1v) is 6.01. The molecule has 1 rings (SSSR count). The molecule has 84 valence electrons. The van der Waals surface area contributed by atoms with Gasteiger partial charge in [-0.25, -0.2) is 0 Å². The second-order valence-corrected chi connectivity index (χ2v) is 4.40. The van der Waals surface area contributed by atoms with Crippen molar-refractivity contribution < 1.29 is 4.79 Å². The molecule has 1 unspecified atom stereocenters. The summed E-state index contributed by atoms with van der Waals surface area (Å²) in [5.74, 6) is 3.31. The average Bonchev–Trinajstić information content (AvgIpc) is 2.27. The van der Waals surface area contributed by atoms with E-state index in [4.69, 9.17) is 6.42 Å². The normalized spacial score (nSPS) is 19.2. The Morgan fingerprint density at radius 3 is 2.67 bits per heavy atom. The maximum absolute atomic E-state index is 11.6. The van der Waals surface area contributed by atoms with Crippen molar-refractivity contribution in [3.05, 3.63) is 0 Å². The van der Waals surface area contributed by atoms with Crippen LogP contribution in [0.15, 0.2) is 0 Å². The van der Waals surface area contributed by atoms with Gasteiger partial charge in [0, 0.05) is 6.42 Å². The van der Waals surface area contributed by atoms with Gasteiger partial charge >= 0.3 is 0 Å². The summed E-state index contributed by atoms with van der Waals surface area (Å²) in [4.78, 5) is 11.6. The van der Waals surface area contributed by atoms with E-state index in [0.717, 1.165) is 6.42 Å².